The first-order valence-electron chi connectivity index (χ1n) is 12.5. The van der Waals surface area contributed by atoms with Crippen LogP contribution in [0.4, 0.5) is 25.3 Å². The first-order valence-corrected chi connectivity index (χ1v) is 12.9. The molecule has 2 heterocycles. The van der Waals surface area contributed by atoms with Crippen molar-refractivity contribution in [3.05, 3.63) is 76.1 Å². The number of piperazine rings is 1. The van der Waals surface area contributed by atoms with Crippen molar-refractivity contribution in [2.24, 2.45) is 0 Å². The van der Waals surface area contributed by atoms with Gasteiger partial charge in [0.05, 0.1) is 5.41 Å². The van der Waals surface area contributed by atoms with E-state index < -0.39 is 40.2 Å². The number of amides is 2. The van der Waals surface area contributed by atoms with Crippen molar-refractivity contribution in [3.63, 3.8) is 0 Å². The fourth-order valence-corrected chi connectivity index (χ4v) is 4.37. The van der Waals surface area contributed by atoms with Gasteiger partial charge in [-0.2, -0.15) is 4.98 Å². The lowest BCUT2D eigenvalue weighted by atomic mass is 9.81. The normalized spacial score (nSPS) is 15.2. The number of hydrogen-bond acceptors (Lipinski definition) is 6. The van der Waals surface area contributed by atoms with E-state index in [9.17, 15) is 9.59 Å². The molecule has 1 saturated heterocycles. The number of oxazole rings is 1. The lowest BCUT2D eigenvalue weighted by Crippen LogP contribution is -2.50. The van der Waals surface area contributed by atoms with E-state index in [0.29, 0.717) is 42.5 Å². The summed E-state index contributed by atoms with van der Waals surface area (Å²) in [6, 6.07) is 8.77. The quantitative estimate of drug-likeness (QED) is 0.387. The van der Waals surface area contributed by atoms with E-state index in [-0.39, 0.29) is 11.7 Å². The third-order valence-corrected chi connectivity index (χ3v) is 6.75. The van der Waals surface area contributed by atoms with E-state index in [1.165, 1.54) is 6.26 Å². The van der Waals surface area contributed by atoms with Crippen LogP contribution in [0.5, 0.6) is 0 Å². The number of halogens is 3. The molecule has 1 aromatic heterocycles. The highest BCUT2D eigenvalue weighted by atomic mass is 35.5. The van der Waals surface area contributed by atoms with E-state index in [4.69, 9.17) is 27.2 Å². The number of nitrogens with one attached hydrogen (secondary N) is 1. The predicted molar refractivity (Wildman–Crippen MR) is 148 cm³/mol. The third-order valence-electron chi connectivity index (χ3n) is 6.50. The Balaban J connectivity index is 1.45. The maximum absolute atomic E-state index is 15.0. The molecule has 0 bridgehead atoms. The summed E-state index contributed by atoms with van der Waals surface area (Å²) in [6.45, 7) is 8.39. The molecule has 1 atom stereocenters. The van der Waals surface area contributed by atoms with Gasteiger partial charge in [-0.1, -0.05) is 29.7 Å². The number of ether oxygens (including phenoxy) is 1. The van der Waals surface area contributed by atoms with Gasteiger partial charge in [-0.05, 0) is 57.5 Å². The molecule has 1 aliphatic rings. The molecule has 0 radical (unpaired) electrons. The maximum atomic E-state index is 15.0. The summed E-state index contributed by atoms with van der Waals surface area (Å²) >= 11 is 5.97. The van der Waals surface area contributed by atoms with Crippen molar-refractivity contribution >= 4 is 35.3 Å². The number of carbonyl (C=O) groups excluding carboxylic acids is 2. The van der Waals surface area contributed by atoms with Crippen LogP contribution in [0.15, 0.2) is 47.1 Å². The van der Waals surface area contributed by atoms with Crippen LogP contribution in [0.25, 0.3) is 0 Å². The smallest absolute Gasteiger partial charge is 0.410 e. The molecule has 2 aromatic carbocycles. The summed E-state index contributed by atoms with van der Waals surface area (Å²) < 4.78 is 40.7. The Morgan fingerprint density at radius 2 is 1.68 bits per heavy atom. The monoisotopic (exact) mass is 570 g/mol. The van der Waals surface area contributed by atoms with Crippen LogP contribution < -0.4 is 10.2 Å². The second kappa shape index (κ2) is 11.2. The van der Waals surface area contributed by atoms with Gasteiger partial charge in [0.25, 0.3) is 5.91 Å². The summed E-state index contributed by atoms with van der Waals surface area (Å²) in [4.78, 5) is 32.6. The zero-order chi connectivity index (χ0) is 29.2. The molecule has 1 fully saturated rings. The highest BCUT2D eigenvalue weighted by molar-refractivity contribution is 6.30. The van der Waals surface area contributed by atoms with E-state index in [0.717, 1.165) is 12.1 Å². The summed E-state index contributed by atoms with van der Waals surface area (Å²) in [5.41, 5.74) is -1.14. The second-order valence-electron chi connectivity index (χ2n) is 10.5. The second-order valence-corrected chi connectivity index (χ2v) is 10.9. The number of aromatic nitrogens is 1. The molecule has 1 N–H and O–H groups in total. The van der Waals surface area contributed by atoms with Crippen LogP contribution in [0.3, 0.4) is 0 Å². The summed E-state index contributed by atoms with van der Waals surface area (Å²) in [7, 11) is 0. The van der Waals surface area contributed by atoms with Crippen LogP contribution in [-0.4, -0.2) is 53.7 Å². The summed E-state index contributed by atoms with van der Waals surface area (Å²) in [5.74, 6) is -0.504. The van der Waals surface area contributed by atoms with Crippen LogP contribution in [0.2, 0.25) is 5.02 Å². The molecule has 11 heteroatoms. The zero-order valence-electron chi connectivity index (χ0n) is 22.6. The Hall–Kier alpha value is -4.10. The average Bonchev–Trinajstić information content (AvgIpc) is 3.36. The van der Waals surface area contributed by atoms with Crippen molar-refractivity contribution < 1.29 is 27.5 Å². The first-order chi connectivity index (χ1) is 18.8. The number of nitrogens with zero attached hydrogens (tertiary/aromatic N) is 3. The molecule has 3 aromatic rings. The molecule has 1 aliphatic heterocycles. The molecular weight excluding hydrogens is 542 g/mol. The molecule has 40 heavy (non-hydrogen) atoms. The fourth-order valence-electron chi connectivity index (χ4n) is 4.24. The molecule has 4 rings (SSSR count). The Bertz CT molecular complexity index is 1430. The van der Waals surface area contributed by atoms with Crippen molar-refractivity contribution in [2.45, 2.75) is 38.7 Å². The Morgan fingerprint density at radius 3 is 2.23 bits per heavy atom. The highest BCUT2D eigenvalue weighted by Crippen LogP contribution is 2.33. The lowest BCUT2D eigenvalue weighted by molar-refractivity contribution is 0.0240. The number of anilines is 2. The van der Waals surface area contributed by atoms with Gasteiger partial charge in [0.1, 0.15) is 34.8 Å². The zero-order valence-corrected chi connectivity index (χ0v) is 23.3. The molecular formula is C29H29ClF2N4O4. The molecule has 0 spiro atoms. The van der Waals surface area contributed by atoms with Gasteiger partial charge >= 0.3 is 12.1 Å². The van der Waals surface area contributed by atoms with Crippen LogP contribution in [-0.2, 0) is 10.2 Å². The average molecular weight is 571 g/mol. The topological polar surface area (TPSA) is 87.9 Å². The largest absolute Gasteiger partial charge is 0.444 e. The molecule has 2 amide bonds. The predicted octanol–water partition coefficient (Wildman–Crippen LogP) is 5.85. The van der Waals surface area contributed by atoms with Crippen molar-refractivity contribution in [3.8, 4) is 12.3 Å². The van der Waals surface area contributed by atoms with Crippen molar-refractivity contribution in [2.75, 3.05) is 36.4 Å². The van der Waals surface area contributed by atoms with Crippen molar-refractivity contribution in [1.82, 2.24) is 9.88 Å². The Kier molecular flexibility index (Phi) is 8.08. The van der Waals surface area contributed by atoms with E-state index in [2.05, 4.69) is 16.2 Å². The van der Waals surface area contributed by atoms with E-state index in [1.54, 1.807) is 61.8 Å². The van der Waals surface area contributed by atoms with Crippen LogP contribution in [0.1, 0.15) is 49.3 Å². The van der Waals surface area contributed by atoms with Crippen LogP contribution >= 0.6 is 11.6 Å². The molecule has 0 aliphatic carbocycles. The van der Waals surface area contributed by atoms with E-state index in [1.807, 2.05) is 0 Å². The van der Waals surface area contributed by atoms with Crippen molar-refractivity contribution in [1.29, 1.82) is 0 Å². The van der Waals surface area contributed by atoms with Gasteiger partial charge in [-0.25, -0.2) is 13.6 Å². The van der Waals surface area contributed by atoms with Gasteiger partial charge < -0.3 is 19.0 Å². The van der Waals surface area contributed by atoms with Gasteiger partial charge in [0.2, 0.25) is 0 Å². The van der Waals surface area contributed by atoms with Gasteiger partial charge in [0, 0.05) is 36.9 Å². The molecule has 0 saturated carbocycles. The SMILES string of the molecule is C#CC(C)(c1ccc(Cl)cc1)c1coc(NC(=O)c2c(F)cc(N3CCN(C(=O)OC(C)(C)C)CC3)cc2F)n1. The highest BCUT2D eigenvalue weighted by Gasteiger charge is 2.32. The minimum atomic E-state index is -1.07. The lowest BCUT2D eigenvalue weighted by Gasteiger charge is -2.36. The molecule has 8 nitrogen and oxygen atoms in total. The standard InChI is InChI=1S/C29H29ClF2N4O4/c1-6-29(5,18-7-9-19(30)10-8-18)23-17-39-26(33-23)34-25(37)24-21(31)15-20(16-22(24)32)35-11-13-36(14-12-35)27(38)40-28(2,3)4/h1,7-10,15-17H,11-14H2,2-5H3,(H,33,34,37). The minimum absolute atomic E-state index is 0.251. The number of benzene rings is 2. The van der Waals surface area contributed by atoms with Gasteiger partial charge in [-0.15, -0.1) is 6.42 Å². The number of rotatable bonds is 5. The fraction of sp³-hybridized carbons (Fsp3) is 0.345. The molecule has 1 unspecified atom stereocenters. The first kappa shape index (κ1) is 28.9. The molecule has 210 valence electrons. The Morgan fingerprint density at radius 1 is 1.07 bits per heavy atom. The summed E-state index contributed by atoms with van der Waals surface area (Å²) in [6.07, 6.45) is 6.62. The van der Waals surface area contributed by atoms with Crippen LogP contribution in [0, 0.1) is 24.0 Å². The minimum Gasteiger partial charge on any atom is -0.444 e. The maximum Gasteiger partial charge on any atom is 0.410 e. The summed E-state index contributed by atoms with van der Waals surface area (Å²) in [5, 5.41) is 2.83. The Labute approximate surface area is 236 Å². The number of terminal acetylenes is 1. The van der Waals surface area contributed by atoms with Gasteiger partial charge in [0.15, 0.2) is 0 Å². The third kappa shape index (κ3) is 6.20. The van der Waals surface area contributed by atoms with E-state index >= 15 is 8.78 Å². The number of carbonyl (C=O) groups is 2. The number of hydrogen-bond donors (Lipinski definition) is 1. The van der Waals surface area contributed by atoms with Gasteiger partial charge in [-0.3, -0.25) is 10.1 Å².